The first kappa shape index (κ1) is 10.2. The third-order valence-electron chi connectivity index (χ3n) is 2.84. The molecule has 0 amide bonds. The summed E-state index contributed by atoms with van der Waals surface area (Å²) in [6.07, 6.45) is 1.05. The molecular weight excluding hydrogens is 244 g/mol. The number of hydrogen-bond donors (Lipinski definition) is 1. The van der Waals surface area contributed by atoms with Gasteiger partial charge in [0.1, 0.15) is 5.76 Å². The van der Waals surface area contributed by atoms with Crippen molar-refractivity contribution < 1.29 is 4.42 Å². The van der Waals surface area contributed by atoms with Crippen LogP contribution in [0.1, 0.15) is 25.1 Å². The zero-order valence-corrected chi connectivity index (χ0v) is 9.83. The van der Waals surface area contributed by atoms with Crippen molar-refractivity contribution in [2.24, 2.45) is 5.73 Å². The summed E-state index contributed by atoms with van der Waals surface area (Å²) >= 11 is 3.32. The Labute approximate surface area is 92.4 Å². The van der Waals surface area contributed by atoms with Crippen LogP contribution >= 0.6 is 15.9 Å². The first-order valence-electron chi connectivity index (χ1n) is 4.97. The summed E-state index contributed by atoms with van der Waals surface area (Å²) in [6, 6.07) is 4.39. The smallest absolute Gasteiger partial charge is 0.169 e. The van der Waals surface area contributed by atoms with E-state index in [-0.39, 0.29) is 12.1 Å². The van der Waals surface area contributed by atoms with Crippen LogP contribution < -0.4 is 5.73 Å². The van der Waals surface area contributed by atoms with Gasteiger partial charge in [0.15, 0.2) is 4.67 Å². The number of likely N-dealkylation sites (tertiary alicyclic amines) is 1. The predicted molar refractivity (Wildman–Crippen MR) is 59.0 cm³/mol. The second kappa shape index (κ2) is 4.04. The lowest BCUT2D eigenvalue weighted by molar-refractivity contribution is 0.227. The van der Waals surface area contributed by atoms with E-state index in [4.69, 9.17) is 10.2 Å². The average Bonchev–Trinajstić information content (AvgIpc) is 2.71. The summed E-state index contributed by atoms with van der Waals surface area (Å²) in [7, 11) is 0. The van der Waals surface area contributed by atoms with Gasteiger partial charge in [-0.15, -0.1) is 0 Å². The molecule has 1 saturated heterocycles. The number of likely N-dealkylation sites (N-methyl/N-ethyl adjacent to an activating group) is 1. The molecule has 2 N–H and O–H groups in total. The van der Waals surface area contributed by atoms with Gasteiger partial charge in [-0.2, -0.15) is 0 Å². The summed E-state index contributed by atoms with van der Waals surface area (Å²) in [5, 5.41) is 0. The van der Waals surface area contributed by atoms with E-state index in [1.165, 1.54) is 0 Å². The van der Waals surface area contributed by atoms with Crippen LogP contribution in [0.4, 0.5) is 0 Å². The Balaban J connectivity index is 2.22. The molecular formula is C10H15BrN2O. The van der Waals surface area contributed by atoms with Crippen molar-refractivity contribution >= 4 is 15.9 Å². The highest BCUT2D eigenvalue weighted by Gasteiger charge is 2.33. The lowest BCUT2D eigenvalue weighted by Crippen LogP contribution is -2.31. The van der Waals surface area contributed by atoms with Gasteiger partial charge >= 0.3 is 0 Å². The topological polar surface area (TPSA) is 42.4 Å². The maximum Gasteiger partial charge on any atom is 0.169 e. The number of hydrogen-bond acceptors (Lipinski definition) is 3. The van der Waals surface area contributed by atoms with E-state index < -0.39 is 0 Å². The first-order chi connectivity index (χ1) is 6.72. The zero-order valence-electron chi connectivity index (χ0n) is 8.24. The molecule has 2 unspecified atom stereocenters. The van der Waals surface area contributed by atoms with Crippen molar-refractivity contribution in [1.29, 1.82) is 0 Å². The van der Waals surface area contributed by atoms with Gasteiger partial charge in [0.05, 0.1) is 6.04 Å². The molecule has 1 aromatic heterocycles. The predicted octanol–water partition coefficient (Wildman–Crippen LogP) is 2.14. The van der Waals surface area contributed by atoms with Crippen LogP contribution in [0.2, 0.25) is 0 Å². The highest BCUT2D eigenvalue weighted by molar-refractivity contribution is 9.10. The Bertz CT molecular complexity index is 313. The fraction of sp³-hybridized carbons (Fsp3) is 0.600. The minimum Gasteiger partial charge on any atom is -0.453 e. The SMILES string of the molecule is CCN1CCC(N)C1c1ccc(Br)o1. The summed E-state index contributed by atoms with van der Waals surface area (Å²) in [6.45, 7) is 4.25. The molecule has 0 saturated carbocycles. The van der Waals surface area contributed by atoms with E-state index in [0.717, 1.165) is 29.9 Å². The molecule has 0 aromatic carbocycles. The van der Waals surface area contributed by atoms with Crippen molar-refractivity contribution in [1.82, 2.24) is 4.90 Å². The molecule has 4 heteroatoms. The summed E-state index contributed by atoms with van der Waals surface area (Å²) in [5.74, 6) is 0.976. The van der Waals surface area contributed by atoms with Gasteiger partial charge in [0.25, 0.3) is 0 Å². The maximum atomic E-state index is 6.07. The van der Waals surface area contributed by atoms with Crippen LogP contribution in [0.15, 0.2) is 21.2 Å². The number of furan rings is 1. The van der Waals surface area contributed by atoms with Crippen LogP contribution in [0.25, 0.3) is 0 Å². The molecule has 2 atom stereocenters. The summed E-state index contributed by atoms with van der Waals surface area (Å²) in [4.78, 5) is 2.36. The number of halogens is 1. The van der Waals surface area contributed by atoms with E-state index in [9.17, 15) is 0 Å². The fourth-order valence-electron chi connectivity index (χ4n) is 2.12. The number of nitrogens with two attached hydrogens (primary N) is 1. The Morgan fingerprint density at radius 1 is 1.64 bits per heavy atom. The molecule has 0 radical (unpaired) electrons. The number of nitrogens with zero attached hydrogens (tertiary/aromatic N) is 1. The summed E-state index contributed by atoms with van der Waals surface area (Å²) < 4.78 is 6.35. The molecule has 14 heavy (non-hydrogen) atoms. The molecule has 0 spiro atoms. The van der Waals surface area contributed by atoms with Gasteiger partial charge in [-0.05, 0) is 41.0 Å². The molecule has 1 fully saturated rings. The Morgan fingerprint density at radius 2 is 2.43 bits per heavy atom. The minimum atomic E-state index is 0.202. The molecule has 1 aromatic rings. The van der Waals surface area contributed by atoms with Gasteiger partial charge in [0.2, 0.25) is 0 Å². The Morgan fingerprint density at radius 3 is 3.00 bits per heavy atom. The van der Waals surface area contributed by atoms with Crippen molar-refractivity contribution in [3.05, 3.63) is 22.6 Å². The monoisotopic (exact) mass is 258 g/mol. The van der Waals surface area contributed by atoms with Crippen LogP contribution in [0, 0.1) is 0 Å². The van der Waals surface area contributed by atoms with E-state index >= 15 is 0 Å². The summed E-state index contributed by atoms with van der Waals surface area (Å²) in [5.41, 5.74) is 6.07. The van der Waals surface area contributed by atoms with Crippen LogP contribution in [0.3, 0.4) is 0 Å². The van der Waals surface area contributed by atoms with E-state index in [2.05, 4.69) is 27.8 Å². The van der Waals surface area contributed by atoms with Crippen molar-refractivity contribution in [3.8, 4) is 0 Å². The second-order valence-corrected chi connectivity index (χ2v) is 4.45. The van der Waals surface area contributed by atoms with Gasteiger partial charge in [0, 0.05) is 12.6 Å². The molecule has 1 aliphatic heterocycles. The van der Waals surface area contributed by atoms with Crippen molar-refractivity contribution in [2.45, 2.75) is 25.4 Å². The quantitative estimate of drug-likeness (QED) is 0.884. The molecule has 2 rings (SSSR count). The third-order valence-corrected chi connectivity index (χ3v) is 3.27. The highest BCUT2D eigenvalue weighted by atomic mass is 79.9. The van der Waals surface area contributed by atoms with Gasteiger partial charge in [-0.1, -0.05) is 6.92 Å². The highest BCUT2D eigenvalue weighted by Crippen LogP contribution is 2.32. The second-order valence-electron chi connectivity index (χ2n) is 3.67. The average molecular weight is 259 g/mol. The molecule has 0 bridgehead atoms. The van der Waals surface area contributed by atoms with Gasteiger partial charge in [-0.3, -0.25) is 4.90 Å². The minimum absolute atomic E-state index is 0.202. The van der Waals surface area contributed by atoms with Gasteiger partial charge < -0.3 is 10.2 Å². The molecule has 3 nitrogen and oxygen atoms in total. The zero-order chi connectivity index (χ0) is 10.1. The first-order valence-corrected chi connectivity index (χ1v) is 5.76. The van der Waals surface area contributed by atoms with E-state index in [1.807, 2.05) is 12.1 Å². The lowest BCUT2D eigenvalue weighted by Gasteiger charge is -2.23. The van der Waals surface area contributed by atoms with Crippen LogP contribution in [0.5, 0.6) is 0 Å². The maximum absolute atomic E-state index is 6.07. The molecule has 1 aliphatic rings. The van der Waals surface area contributed by atoms with Crippen LogP contribution in [-0.2, 0) is 0 Å². The molecule has 0 aliphatic carbocycles. The van der Waals surface area contributed by atoms with Gasteiger partial charge in [-0.25, -0.2) is 0 Å². The molecule has 78 valence electrons. The van der Waals surface area contributed by atoms with Crippen molar-refractivity contribution in [2.75, 3.05) is 13.1 Å². The largest absolute Gasteiger partial charge is 0.453 e. The Kier molecular flexibility index (Phi) is 2.95. The van der Waals surface area contributed by atoms with E-state index in [0.29, 0.717) is 0 Å². The third kappa shape index (κ3) is 1.74. The van der Waals surface area contributed by atoms with E-state index in [1.54, 1.807) is 0 Å². The normalized spacial score (nSPS) is 28.5. The lowest BCUT2D eigenvalue weighted by atomic mass is 10.1. The number of rotatable bonds is 2. The fourth-order valence-corrected chi connectivity index (χ4v) is 2.43. The standard InChI is InChI=1S/C10H15BrN2O/c1-2-13-6-5-7(12)10(13)8-3-4-9(11)14-8/h3-4,7,10H,2,5-6,12H2,1H3. The molecule has 2 heterocycles. The van der Waals surface area contributed by atoms with Crippen molar-refractivity contribution in [3.63, 3.8) is 0 Å². The Hall–Kier alpha value is -0.320. The van der Waals surface area contributed by atoms with Crippen LogP contribution in [-0.4, -0.2) is 24.0 Å².